The maximum absolute atomic E-state index is 15.3. The van der Waals surface area contributed by atoms with Gasteiger partial charge in [-0.25, -0.2) is 9.46 Å². The van der Waals surface area contributed by atoms with Gasteiger partial charge in [0.1, 0.15) is 22.8 Å². The van der Waals surface area contributed by atoms with Gasteiger partial charge >= 0.3 is 5.97 Å². The SMILES string of the molecule is COc1ccc(C(OC[C@@H]2C[C@@H](OP(OCCC#N)N(C(C)C)C(C)C)CN2C(=O)CCc2cc3c(c(Cl)c2C)Oc2c(cc(Cl)c(C)c2C)C32OC(=O)c3cc(Cl)c(Cl)cc32)(c2ccccc2)c2ccc(OC)cc2)cc1. The van der Waals surface area contributed by atoms with Crippen LogP contribution in [-0.4, -0.2) is 79.7 Å². The minimum Gasteiger partial charge on any atom is -0.497 e. The number of carbonyl (C=O) groups excluding carboxylic acids is 2. The summed E-state index contributed by atoms with van der Waals surface area (Å²) in [6, 6.07) is 34.4. The molecule has 1 amide bonds. The van der Waals surface area contributed by atoms with Gasteiger partial charge in [0.25, 0.3) is 8.53 Å². The lowest BCUT2D eigenvalue weighted by molar-refractivity contribution is -0.134. The molecule has 2 unspecified atom stereocenters. The fourth-order valence-electron chi connectivity index (χ4n) is 11.1. The third-order valence-corrected chi connectivity index (χ3v) is 18.8. The van der Waals surface area contributed by atoms with Crippen molar-refractivity contribution in [3.05, 3.63) is 184 Å². The molecule has 3 aliphatic rings. The molecule has 4 atom stereocenters. The summed E-state index contributed by atoms with van der Waals surface area (Å²) in [5, 5.41) is 10.7. The first-order valence-electron chi connectivity index (χ1n) is 25.9. The van der Waals surface area contributed by atoms with Crippen molar-refractivity contribution < 1.29 is 42.3 Å². The average molecular weight is 1150 g/mol. The van der Waals surface area contributed by atoms with Crippen LogP contribution in [0.3, 0.4) is 0 Å². The van der Waals surface area contributed by atoms with Gasteiger partial charge in [0, 0.05) is 46.8 Å². The minimum atomic E-state index is -1.65. The van der Waals surface area contributed by atoms with Crippen LogP contribution in [0, 0.1) is 32.1 Å². The van der Waals surface area contributed by atoms with Gasteiger partial charge in [-0.05, 0) is 149 Å². The highest BCUT2D eigenvalue weighted by Gasteiger charge is 2.55. The Labute approximate surface area is 478 Å². The second-order valence-electron chi connectivity index (χ2n) is 20.3. The van der Waals surface area contributed by atoms with Gasteiger partial charge in [-0.15, -0.1) is 0 Å². The number of fused-ring (bicyclic) bond motifs is 6. The normalized spacial score (nSPS) is 17.9. The Morgan fingerprint density at radius 1 is 0.795 bits per heavy atom. The average Bonchev–Trinajstić information content (AvgIpc) is 3.81. The molecule has 0 bridgehead atoms. The molecule has 12 nitrogen and oxygen atoms in total. The molecule has 0 radical (unpaired) electrons. The molecule has 1 spiro atoms. The Kier molecular flexibility index (Phi) is 17.4. The lowest BCUT2D eigenvalue weighted by atomic mass is 9.75. The summed E-state index contributed by atoms with van der Waals surface area (Å²) in [5.41, 5.74) is 4.44. The zero-order valence-corrected chi connectivity index (χ0v) is 49.0. The van der Waals surface area contributed by atoms with E-state index in [-0.39, 0.29) is 72.6 Å². The van der Waals surface area contributed by atoms with E-state index in [1.807, 2.05) is 111 Å². The molecule has 78 heavy (non-hydrogen) atoms. The molecule has 0 saturated carbocycles. The summed E-state index contributed by atoms with van der Waals surface area (Å²) >= 11 is 27.6. The van der Waals surface area contributed by atoms with E-state index in [9.17, 15) is 10.1 Å². The monoisotopic (exact) mass is 1150 g/mol. The molecule has 1 fully saturated rings. The van der Waals surface area contributed by atoms with Crippen LogP contribution in [0.15, 0.2) is 103 Å². The van der Waals surface area contributed by atoms with Crippen LogP contribution in [0.4, 0.5) is 0 Å². The van der Waals surface area contributed by atoms with Crippen LogP contribution in [0.1, 0.15) is 113 Å². The quantitative estimate of drug-likeness (QED) is 0.0333. The third kappa shape index (κ3) is 10.6. The van der Waals surface area contributed by atoms with Crippen molar-refractivity contribution in [3.8, 4) is 29.1 Å². The first kappa shape index (κ1) is 57.3. The maximum Gasteiger partial charge on any atom is 0.340 e. The number of benzene rings is 6. The number of methoxy groups -OCH3 is 2. The van der Waals surface area contributed by atoms with E-state index >= 15 is 4.79 Å². The van der Waals surface area contributed by atoms with E-state index in [2.05, 4.69) is 38.4 Å². The number of likely N-dealkylation sites (tertiary alicyclic amines) is 1. The van der Waals surface area contributed by atoms with Gasteiger partial charge in [0.2, 0.25) is 5.91 Å². The lowest BCUT2D eigenvalue weighted by Crippen LogP contribution is -2.42. The number of carbonyl (C=O) groups is 2. The van der Waals surface area contributed by atoms with Gasteiger partial charge in [0.05, 0.1) is 72.7 Å². The Morgan fingerprint density at radius 2 is 1.38 bits per heavy atom. The van der Waals surface area contributed by atoms with Crippen molar-refractivity contribution in [2.24, 2.45) is 0 Å². The van der Waals surface area contributed by atoms with Crippen molar-refractivity contribution in [2.45, 2.75) is 110 Å². The van der Waals surface area contributed by atoms with Gasteiger partial charge < -0.3 is 37.6 Å². The number of rotatable bonds is 19. The van der Waals surface area contributed by atoms with Gasteiger partial charge in [-0.2, -0.15) is 5.26 Å². The van der Waals surface area contributed by atoms with Gasteiger partial charge in [0.15, 0.2) is 11.4 Å². The van der Waals surface area contributed by atoms with E-state index in [4.69, 9.17) is 79.1 Å². The van der Waals surface area contributed by atoms with Crippen molar-refractivity contribution >= 4 is 66.8 Å². The van der Waals surface area contributed by atoms with Crippen LogP contribution < -0.4 is 14.2 Å². The lowest BCUT2D eigenvalue weighted by Gasteiger charge is -2.39. The van der Waals surface area contributed by atoms with Crippen LogP contribution in [0.25, 0.3) is 0 Å². The number of amides is 1. The largest absolute Gasteiger partial charge is 0.497 e. The number of hydrogen-bond acceptors (Lipinski definition) is 11. The molecule has 17 heteroatoms. The van der Waals surface area contributed by atoms with Crippen molar-refractivity contribution in [2.75, 3.05) is 34.0 Å². The number of halogens is 4. The number of nitrogens with zero attached hydrogens (tertiary/aromatic N) is 3. The fourth-order valence-corrected chi connectivity index (χ4v) is 13.6. The van der Waals surface area contributed by atoms with E-state index in [0.717, 1.165) is 33.4 Å². The number of hydrogen-bond donors (Lipinski definition) is 0. The van der Waals surface area contributed by atoms with Crippen molar-refractivity contribution in [1.29, 1.82) is 5.26 Å². The molecule has 0 N–H and O–H groups in total. The molecule has 6 aromatic carbocycles. The first-order valence-corrected chi connectivity index (χ1v) is 28.6. The highest BCUT2D eigenvalue weighted by atomic mass is 35.5. The topological polar surface area (TPSA) is 129 Å². The summed E-state index contributed by atoms with van der Waals surface area (Å²) in [6.45, 7) is 14.6. The maximum atomic E-state index is 15.3. The molecule has 408 valence electrons. The van der Waals surface area contributed by atoms with Gasteiger partial charge in [-0.3, -0.25) is 4.79 Å². The second kappa shape index (κ2) is 23.7. The predicted molar refractivity (Wildman–Crippen MR) is 306 cm³/mol. The smallest absolute Gasteiger partial charge is 0.340 e. The van der Waals surface area contributed by atoms with Crippen molar-refractivity contribution in [3.63, 3.8) is 0 Å². The molecule has 0 aromatic heterocycles. The Morgan fingerprint density at radius 3 is 1.99 bits per heavy atom. The predicted octanol–water partition coefficient (Wildman–Crippen LogP) is 15.0. The summed E-state index contributed by atoms with van der Waals surface area (Å²) in [6.07, 6.45) is 0.470. The summed E-state index contributed by atoms with van der Waals surface area (Å²) in [7, 11) is 1.61. The molecule has 0 aliphatic carbocycles. The molecule has 1 saturated heterocycles. The fraction of sp³-hybridized carbons (Fsp3) is 0.361. The van der Waals surface area contributed by atoms with Gasteiger partial charge in [-0.1, -0.05) is 101 Å². The standard InChI is InChI=1S/C61H62Cl4N3O9P/c1-35(2)68(36(3)4)78(74-27-13-26-66)77-47-29-44(34-73-60(41-14-11-10-12-15-41,42-17-21-45(71-8)22-18-42)43-19-23-46(72-9)24-20-43)67(33-47)55(69)25-16-40-28-50-58(56(65)39(40)7)75-57-38(6)37(5)52(62)32-51(57)61(50)49-31-54(64)53(63)30-48(49)59(70)76-61/h10-12,14-15,17-24,28,30-32,35-36,44,47H,13,16,25,27,29,33-34H2,1-9H3/t44-,47+,61?,78?/m0/s1. The number of aryl methyl sites for hydroxylation is 1. The number of nitriles is 1. The van der Waals surface area contributed by atoms with Crippen LogP contribution in [-0.2, 0) is 40.9 Å². The highest BCUT2D eigenvalue weighted by molar-refractivity contribution is 7.44. The van der Waals surface area contributed by atoms with E-state index < -0.39 is 37.8 Å². The van der Waals surface area contributed by atoms with Crippen LogP contribution in [0.5, 0.6) is 23.0 Å². The van der Waals surface area contributed by atoms with Crippen LogP contribution >= 0.6 is 54.9 Å². The summed E-state index contributed by atoms with van der Waals surface area (Å²) < 4.78 is 47.5. The van der Waals surface area contributed by atoms with Crippen molar-refractivity contribution in [1.82, 2.24) is 9.57 Å². The second-order valence-corrected chi connectivity index (χ2v) is 23.4. The number of ether oxygens (including phenoxy) is 5. The van der Waals surface area contributed by atoms with E-state index in [0.29, 0.717) is 61.7 Å². The van der Waals surface area contributed by atoms with Crippen LogP contribution in [0.2, 0.25) is 20.1 Å². The Hall–Kier alpha value is -5.42. The Bertz CT molecular complexity index is 3210. The molecule has 6 aromatic rings. The summed E-state index contributed by atoms with van der Waals surface area (Å²) in [5.74, 6) is 1.39. The summed E-state index contributed by atoms with van der Waals surface area (Å²) in [4.78, 5) is 31.2. The molecule has 9 rings (SSSR count). The van der Waals surface area contributed by atoms with E-state index in [1.165, 1.54) is 6.07 Å². The molecular weight excluding hydrogens is 1090 g/mol. The Balaban J connectivity index is 1.11. The first-order chi connectivity index (χ1) is 37.4. The zero-order valence-electron chi connectivity index (χ0n) is 45.0. The molecule has 3 heterocycles. The third-order valence-electron chi connectivity index (χ3n) is 15.1. The zero-order chi connectivity index (χ0) is 55.8. The highest BCUT2D eigenvalue weighted by Crippen LogP contribution is 2.61. The number of esters is 1. The molecule has 3 aliphatic heterocycles. The molecular formula is C61H62Cl4N3O9P. The van der Waals surface area contributed by atoms with E-state index in [1.54, 1.807) is 26.4 Å². The minimum absolute atomic E-state index is 0.0581.